The molecule has 0 aliphatic carbocycles. The Morgan fingerprint density at radius 3 is 2.42 bits per heavy atom. The van der Waals surface area contributed by atoms with Crippen LogP contribution in [-0.4, -0.2) is 63.3 Å². The SMILES string of the molecule is CN(C)CC(NC(=O)c1ccc(NC(=O)CSc2nnnn2C)cc1)c1ccccc1. The van der Waals surface area contributed by atoms with Gasteiger partial charge in [0.15, 0.2) is 0 Å². The second-order valence-corrected chi connectivity index (χ2v) is 8.14. The molecular weight excluding hydrogens is 414 g/mol. The lowest BCUT2D eigenvalue weighted by molar-refractivity contribution is -0.113. The summed E-state index contributed by atoms with van der Waals surface area (Å²) in [5.41, 5.74) is 2.19. The van der Waals surface area contributed by atoms with Crippen molar-refractivity contribution in [3.63, 3.8) is 0 Å². The van der Waals surface area contributed by atoms with Crippen molar-refractivity contribution in [2.45, 2.75) is 11.2 Å². The van der Waals surface area contributed by atoms with Crippen molar-refractivity contribution in [1.82, 2.24) is 30.4 Å². The quantitative estimate of drug-likeness (QED) is 0.491. The zero-order valence-corrected chi connectivity index (χ0v) is 18.5. The number of anilines is 1. The van der Waals surface area contributed by atoms with Gasteiger partial charge in [-0.3, -0.25) is 9.59 Å². The monoisotopic (exact) mass is 439 g/mol. The van der Waals surface area contributed by atoms with Gasteiger partial charge in [-0.1, -0.05) is 42.1 Å². The number of likely N-dealkylation sites (N-methyl/N-ethyl adjacent to an activating group) is 1. The maximum atomic E-state index is 12.8. The third kappa shape index (κ3) is 6.63. The molecule has 0 aliphatic rings. The Bertz CT molecular complexity index is 1010. The Morgan fingerprint density at radius 2 is 1.81 bits per heavy atom. The van der Waals surface area contributed by atoms with Crippen molar-refractivity contribution < 1.29 is 9.59 Å². The minimum absolute atomic E-state index is 0.129. The summed E-state index contributed by atoms with van der Waals surface area (Å²) >= 11 is 1.25. The van der Waals surface area contributed by atoms with Crippen molar-refractivity contribution in [1.29, 1.82) is 0 Å². The number of benzene rings is 2. The summed E-state index contributed by atoms with van der Waals surface area (Å²) in [5.74, 6) is -0.168. The highest BCUT2D eigenvalue weighted by Crippen LogP contribution is 2.17. The second-order valence-electron chi connectivity index (χ2n) is 7.20. The number of aryl methyl sites for hydroxylation is 1. The summed E-state index contributed by atoms with van der Waals surface area (Å²) in [6.45, 7) is 0.683. The minimum atomic E-state index is -0.180. The molecule has 1 atom stereocenters. The molecule has 0 radical (unpaired) electrons. The molecule has 10 heteroatoms. The Kier molecular flexibility index (Phi) is 7.74. The molecule has 31 heavy (non-hydrogen) atoms. The fourth-order valence-corrected chi connectivity index (χ4v) is 3.55. The molecule has 0 saturated heterocycles. The van der Waals surface area contributed by atoms with Crippen molar-refractivity contribution in [3.05, 3.63) is 65.7 Å². The summed E-state index contributed by atoms with van der Waals surface area (Å²) in [4.78, 5) is 27.0. The molecule has 162 valence electrons. The molecule has 9 nitrogen and oxygen atoms in total. The first-order chi connectivity index (χ1) is 14.9. The number of carbonyl (C=O) groups is 2. The first-order valence-electron chi connectivity index (χ1n) is 9.68. The predicted molar refractivity (Wildman–Crippen MR) is 120 cm³/mol. The van der Waals surface area contributed by atoms with Crippen LogP contribution in [0, 0.1) is 0 Å². The number of rotatable bonds is 9. The number of carbonyl (C=O) groups excluding carboxylic acids is 2. The van der Waals surface area contributed by atoms with Gasteiger partial charge in [-0.2, -0.15) is 0 Å². The molecule has 0 spiro atoms. The van der Waals surface area contributed by atoms with E-state index < -0.39 is 0 Å². The molecule has 2 N–H and O–H groups in total. The van der Waals surface area contributed by atoms with Crippen LogP contribution < -0.4 is 10.6 Å². The fourth-order valence-electron chi connectivity index (χ4n) is 2.90. The number of amides is 2. The van der Waals surface area contributed by atoms with Gasteiger partial charge in [-0.15, -0.1) is 5.10 Å². The molecule has 0 fully saturated rings. The van der Waals surface area contributed by atoms with Gasteiger partial charge in [0.2, 0.25) is 11.1 Å². The number of nitrogens with one attached hydrogen (secondary N) is 2. The molecule has 1 heterocycles. The average molecular weight is 440 g/mol. The van der Waals surface area contributed by atoms with E-state index in [1.165, 1.54) is 16.4 Å². The summed E-state index contributed by atoms with van der Waals surface area (Å²) in [6.07, 6.45) is 0. The molecule has 0 saturated carbocycles. The molecule has 3 rings (SSSR count). The molecule has 2 aromatic carbocycles. The number of thioether (sulfide) groups is 1. The maximum Gasteiger partial charge on any atom is 0.251 e. The van der Waals surface area contributed by atoms with Gasteiger partial charge < -0.3 is 15.5 Å². The van der Waals surface area contributed by atoms with E-state index in [0.717, 1.165) is 5.56 Å². The van der Waals surface area contributed by atoms with E-state index in [9.17, 15) is 9.59 Å². The maximum absolute atomic E-state index is 12.8. The zero-order chi connectivity index (χ0) is 22.2. The van der Waals surface area contributed by atoms with Crippen LogP contribution in [-0.2, 0) is 11.8 Å². The van der Waals surface area contributed by atoms with Crippen LogP contribution in [0.4, 0.5) is 5.69 Å². The van der Waals surface area contributed by atoms with Gasteiger partial charge >= 0.3 is 0 Å². The highest BCUT2D eigenvalue weighted by Gasteiger charge is 2.17. The summed E-state index contributed by atoms with van der Waals surface area (Å²) in [7, 11) is 5.66. The predicted octanol–water partition coefficient (Wildman–Crippen LogP) is 1.97. The van der Waals surface area contributed by atoms with Gasteiger partial charge in [0.25, 0.3) is 5.91 Å². The highest BCUT2D eigenvalue weighted by atomic mass is 32.2. The van der Waals surface area contributed by atoms with Crippen molar-refractivity contribution >= 4 is 29.3 Å². The van der Waals surface area contributed by atoms with E-state index in [2.05, 4.69) is 26.2 Å². The van der Waals surface area contributed by atoms with Crippen LogP contribution in [0.5, 0.6) is 0 Å². The van der Waals surface area contributed by atoms with E-state index >= 15 is 0 Å². The Labute approximate surface area is 185 Å². The van der Waals surface area contributed by atoms with Crippen molar-refractivity contribution in [2.24, 2.45) is 7.05 Å². The number of tetrazole rings is 1. The fraction of sp³-hybridized carbons (Fsp3) is 0.286. The highest BCUT2D eigenvalue weighted by molar-refractivity contribution is 7.99. The Balaban J connectivity index is 1.57. The molecule has 0 aliphatic heterocycles. The molecule has 0 bridgehead atoms. The average Bonchev–Trinajstić information content (AvgIpc) is 3.17. The zero-order valence-electron chi connectivity index (χ0n) is 17.6. The largest absolute Gasteiger partial charge is 0.344 e. The van der Waals surface area contributed by atoms with E-state index in [1.807, 2.05) is 49.3 Å². The molecule has 1 aromatic heterocycles. The minimum Gasteiger partial charge on any atom is -0.344 e. The van der Waals surface area contributed by atoms with E-state index in [0.29, 0.717) is 23.0 Å². The van der Waals surface area contributed by atoms with Gasteiger partial charge in [-0.05, 0) is 54.4 Å². The lowest BCUT2D eigenvalue weighted by Gasteiger charge is -2.23. The first kappa shape index (κ1) is 22.4. The van der Waals surface area contributed by atoms with Gasteiger partial charge in [-0.25, -0.2) is 4.68 Å². The van der Waals surface area contributed by atoms with Gasteiger partial charge in [0.1, 0.15) is 0 Å². The van der Waals surface area contributed by atoms with Crippen LogP contribution in [0.2, 0.25) is 0 Å². The van der Waals surface area contributed by atoms with Crippen LogP contribution in [0.1, 0.15) is 22.0 Å². The number of hydrogen-bond donors (Lipinski definition) is 2. The van der Waals surface area contributed by atoms with E-state index in [-0.39, 0.29) is 23.6 Å². The third-order valence-electron chi connectivity index (χ3n) is 4.40. The van der Waals surface area contributed by atoms with E-state index in [4.69, 9.17) is 0 Å². The number of hydrogen-bond acceptors (Lipinski definition) is 7. The van der Waals surface area contributed by atoms with Gasteiger partial charge in [0, 0.05) is 24.8 Å². The standard InChI is InChI=1S/C21H25N7O2S/c1-27(2)13-18(15-7-5-4-6-8-15)23-20(30)16-9-11-17(12-10-16)22-19(29)14-31-21-24-25-26-28(21)3/h4-12,18H,13-14H2,1-3H3,(H,22,29)(H,23,30). The second kappa shape index (κ2) is 10.7. The van der Waals surface area contributed by atoms with Crippen LogP contribution in [0.15, 0.2) is 59.8 Å². The molecule has 3 aromatic rings. The third-order valence-corrected chi connectivity index (χ3v) is 5.41. The Hall–Kier alpha value is -3.24. The normalized spacial score (nSPS) is 11.9. The van der Waals surface area contributed by atoms with Crippen LogP contribution in [0.3, 0.4) is 0 Å². The van der Waals surface area contributed by atoms with Crippen LogP contribution in [0.25, 0.3) is 0 Å². The Morgan fingerprint density at radius 1 is 1.10 bits per heavy atom. The smallest absolute Gasteiger partial charge is 0.251 e. The number of nitrogens with zero attached hydrogens (tertiary/aromatic N) is 5. The van der Waals surface area contributed by atoms with Crippen LogP contribution >= 0.6 is 11.8 Å². The van der Waals surface area contributed by atoms with E-state index in [1.54, 1.807) is 31.3 Å². The van der Waals surface area contributed by atoms with Gasteiger partial charge in [0.05, 0.1) is 11.8 Å². The lowest BCUT2D eigenvalue weighted by atomic mass is 10.1. The summed E-state index contributed by atoms with van der Waals surface area (Å²) in [6, 6.07) is 16.6. The summed E-state index contributed by atoms with van der Waals surface area (Å²) in [5, 5.41) is 17.5. The lowest BCUT2D eigenvalue weighted by Crippen LogP contribution is -2.35. The topological polar surface area (TPSA) is 105 Å². The number of aromatic nitrogens is 4. The first-order valence-corrected chi connectivity index (χ1v) is 10.7. The molecule has 2 amide bonds. The van der Waals surface area contributed by atoms with Crippen molar-refractivity contribution in [3.8, 4) is 0 Å². The summed E-state index contributed by atoms with van der Waals surface area (Å²) < 4.78 is 1.50. The van der Waals surface area contributed by atoms with Crippen molar-refractivity contribution in [2.75, 3.05) is 31.7 Å². The molecule has 1 unspecified atom stereocenters. The molecular formula is C21H25N7O2S.